The molecule has 0 bridgehead atoms. The van der Waals surface area contributed by atoms with Gasteiger partial charge < -0.3 is 10.2 Å². The molecule has 1 aromatic rings. The average molecular weight is 412 g/mol. The van der Waals surface area contributed by atoms with Crippen molar-refractivity contribution in [1.29, 1.82) is 0 Å². The number of fused-ring (bicyclic) bond motifs is 1. The summed E-state index contributed by atoms with van der Waals surface area (Å²) in [7, 11) is 1.53. The molecule has 4 amide bonds. The van der Waals surface area contributed by atoms with Crippen molar-refractivity contribution in [1.82, 2.24) is 15.1 Å². The van der Waals surface area contributed by atoms with Gasteiger partial charge in [-0.2, -0.15) is 0 Å². The van der Waals surface area contributed by atoms with Crippen LogP contribution >= 0.6 is 0 Å². The minimum Gasteiger partial charge on any atom is -0.357 e. The maximum Gasteiger partial charge on any atom is 0.242 e. The van der Waals surface area contributed by atoms with Crippen LogP contribution in [-0.2, 0) is 25.7 Å². The molecule has 7 heteroatoms. The number of carbonyl (C=O) groups excluding carboxylic acids is 4. The third kappa shape index (κ3) is 4.45. The van der Waals surface area contributed by atoms with Gasteiger partial charge >= 0.3 is 0 Å². The Hall–Kier alpha value is -2.96. The molecule has 1 unspecified atom stereocenters. The summed E-state index contributed by atoms with van der Waals surface area (Å²) in [4.78, 5) is 53.2. The monoisotopic (exact) mass is 411 g/mol. The highest BCUT2D eigenvalue weighted by molar-refractivity contribution is 6.05. The minimum atomic E-state index is -0.666. The standard InChI is InChI=1S/C23H29N3O4/c1-15-8-10-17(11-9-15)14-26(16(2)21(28)24-3)20(27)12-13-25-22(29)18-6-4-5-7-19(18)23(25)30/h4-5,8-11,16,18-19H,6-7,12-14H2,1-3H3,(H,24,28)/t16?,18-,19+. The summed E-state index contributed by atoms with van der Waals surface area (Å²) in [6.07, 6.45) is 5.03. The number of imide groups is 1. The molecule has 1 aliphatic heterocycles. The van der Waals surface area contributed by atoms with Gasteiger partial charge in [-0.25, -0.2) is 0 Å². The number of nitrogens with one attached hydrogen (secondary N) is 1. The van der Waals surface area contributed by atoms with Crippen molar-refractivity contribution in [3.63, 3.8) is 0 Å². The van der Waals surface area contributed by atoms with Crippen molar-refractivity contribution in [2.24, 2.45) is 11.8 Å². The minimum absolute atomic E-state index is 0.00244. The number of allylic oxidation sites excluding steroid dienone is 2. The highest BCUT2D eigenvalue weighted by Gasteiger charge is 2.47. The lowest BCUT2D eigenvalue weighted by Gasteiger charge is -2.29. The van der Waals surface area contributed by atoms with Crippen molar-refractivity contribution in [3.05, 3.63) is 47.5 Å². The zero-order chi connectivity index (χ0) is 21.8. The molecule has 0 saturated carbocycles. The second-order valence-electron chi connectivity index (χ2n) is 8.03. The van der Waals surface area contributed by atoms with Gasteiger partial charge in [0.15, 0.2) is 0 Å². The van der Waals surface area contributed by atoms with Crippen molar-refractivity contribution in [3.8, 4) is 0 Å². The van der Waals surface area contributed by atoms with Crippen LogP contribution in [0, 0.1) is 18.8 Å². The lowest BCUT2D eigenvalue weighted by molar-refractivity contribution is -0.143. The lowest BCUT2D eigenvalue weighted by atomic mass is 9.85. The Bertz CT molecular complexity index is 836. The first-order chi connectivity index (χ1) is 14.3. The number of rotatable bonds is 7. The third-order valence-corrected chi connectivity index (χ3v) is 6.04. The molecular formula is C23H29N3O4. The van der Waals surface area contributed by atoms with Crippen molar-refractivity contribution in [2.45, 2.75) is 45.7 Å². The number of nitrogens with zero attached hydrogens (tertiary/aromatic N) is 2. The van der Waals surface area contributed by atoms with E-state index in [2.05, 4.69) is 5.32 Å². The van der Waals surface area contributed by atoms with Crippen LogP contribution < -0.4 is 5.32 Å². The van der Waals surface area contributed by atoms with Gasteiger partial charge in [0.1, 0.15) is 6.04 Å². The van der Waals surface area contributed by atoms with Crippen LogP contribution in [0.3, 0.4) is 0 Å². The fourth-order valence-electron chi connectivity index (χ4n) is 4.12. The quantitative estimate of drug-likeness (QED) is 0.548. The molecule has 0 spiro atoms. The molecule has 7 nitrogen and oxygen atoms in total. The zero-order valence-corrected chi connectivity index (χ0v) is 17.8. The summed E-state index contributed by atoms with van der Waals surface area (Å²) in [5.41, 5.74) is 2.02. The Morgan fingerprint density at radius 3 is 2.20 bits per heavy atom. The molecule has 1 N–H and O–H groups in total. The molecule has 1 aliphatic carbocycles. The number of benzene rings is 1. The number of hydrogen-bond donors (Lipinski definition) is 1. The van der Waals surface area contributed by atoms with E-state index in [1.807, 2.05) is 43.3 Å². The fourth-order valence-corrected chi connectivity index (χ4v) is 4.12. The van der Waals surface area contributed by atoms with Gasteiger partial charge in [0.25, 0.3) is 0 Å². The number of aryl methyl sites for hydroxylation is 1. The maximum atomic E-state index is 13.0. The Labute approximate surface area is 177 Å². The van der Waals surface area contributed by atoms with Crippen molar-refractivity contribution in [2.75, 3.05) is 13.6 Å². The molecule has 3 atom stereocenters. The molecular weight excluding hydrogens is 382 g/mol. The van der Waals surface area contributed by atoms with Crippen LogP contribution in [0.15, 0.2) is 36.4 Å². The van der Waals surface area contributed by atoms with Gasteiger partial charge in [-0.15, -0.1) is 0 Å². The first-order valence-corrected chi connectivity index (χ1v) is 10.4. The van der Waals surface area contributed by atoms with Gasteiger partial charge in [0.2, 0.25) is 23.6 Å². The molecule has 3 rings (SSSR count). The van der Waals surface area contributed by atoms with Gasteiger partial charge in [-0.3, -0.25) is 24.1 Å². The van der Waals surface area contributed by atoms with Gasteiger partial charge in [-0.05, 0) is 32.3 Å². The summed E-state index contributed by atoms with van der Waals surface area (Å²) < 4.78 is 0. The Balaban J connectivity index is 1.69. The summed E-state index contributed by atoms with van der Waals surface area (Å²) >= 11 is 0. The number of likely N-dealkylation sites (N-methyl/N-ethyl adjacent to an activating group) is 1. The van der Waals surface area contributed by atoms with Gasteiger partial charge in [0, 0.05) is 26.6 Å². The molecule has 0 aromatic heterocycles. The van der Waals surface area contributed by atoms with Crippen LogP contribution in [0.25, 0.3) is 0 Å². The van der Waals surface area contributed by atoms with Crippen LogP contribution in [-0.4, -0.2) is 53.1 Å². The third-order valence-electron chi connectivity index (χ3n) is 6.04. The van der Waals surface area contributed by atoms with Crippen LogP contribution in [0.4, 0.5) is 0 Å². The number of amides is 4. The van der Waals surface area contributed by atoms with Crippen LogP contribution in [0.1, 0.15) is 37.3 Å². The first-order valence-electron chi connectivity index (χ1n) is 10.4. The number of carbonyl (C=O) groups is 4. The topological polar surface area (TPSA) is 86.8 Å². The van der Waals surface area contributed by atoms with E-state index < -0.39 is 6.04 Å². The first kappa shape index (κ1) is 21.7. The summed E-state index contributed by atoms with van der Waals surface area (Å²) in [5, 5.41) is 2.58. The second-order valence-corrected chi connectivity index (χ2v) is 8.03. The normalized spacial score (nSPS) is 21.4. The van der Waals surface area contributed by atoms with E-state index in [9.17, 15) is 19.2 Å². The Morgan fingerprint density at radius 2 is 1.67 bits per heavy atom. The van der Waals surface area contributed by atoms with Gasteiger partial charge in [0.05, 0.1) is 11.8 Å². The predicted molar refractivity (Wildman–Crippen MR) is 112 cm³/mol. The summed E-state index contributed by atoms with van der Waals surface area (Å²) in [5.74, 6) is -1.50. The Morgan fingerprint density at radius 1 is 1.10 bits per heavy atom. The molecule has 1 aromatic carbocycles. The highest BCUT2D eigenvalue weighted by Crippen LogP contribution is 2.35. The van der Waals surface area contributed by atoms with E-state index in [1.165, 1.54) is 16.8 Å². The van der Waals surface area contributed by atoms with Crippen LogP contribution in [0.2, 0.25) is 0 Å². The largest absolute Gasteiger partial charge is 0.357 e. The second kappa shape index (κ2) is 9.24. The van der Waals surface area contributed by atoms with Crippen molar-refractivity contribution < 1.29 is 19.2 Å². The van der Waals surface area contributed by atoms with Crippen LogP contribution in [0.5, 0.6) is 0 Å². The average Bonchev–Trinajstić information content (AvgIpc) is 3.00. The SMILES string of the molecule is CNC(=O)C(C)N(Cc1ccc(C)cc1)C(=O)CCN1C(=O)[C@H]2CC=CC[C@H]2C1=O. The zero-order valence-electron chi connectivity index (χ0n) is 17.8. The van der Waals surface area contributed by atoms with E-state index in [1.54, 1.807) is 6.92 Å². The maximum absolute atomic E-state index is 13.0. The number of likely N-dealkylation sites (tertiary alicyclic amines) is 1. The van der Waals surface area contributed by atoms with Crippen molar-refractivity contribution >= 4 is 23.6 Å². The molecule has 2 aliphatic rings. The van der Waals surface area contributed by atoms with E-state index in [-0.39, 0.29) is 55.0 Å². The predicted octanol–water partition coefficient (Wildman–Crippen LogP) is 1.80. The highest BCUT2D eigenvalue weighted by atomic mass is 16.2. The molecule has 0 radical (unpaired) electrons. The number of hydrogen-bond acceptors (Lipinski definition) is 4. The molecule has 1 heterocycles. The van der Waals surface area contributed by atoms with E-state index in [0.717, 1.165) is 11.1 Å². The smallest absolute Gasteiger partial charge is 0.242 e. The summed E-state index contributed by atoms with van der Waals surface area (Å²) in [6.45, 7) is 3.99. The van der Waals surface area contributed by atoms with Gasteiger partial charge in [-0.1, -0.05) is 42.0 Å². The molecule has 1 fully saturated rings. The van der Waals surface area contributed by atoms with E-state index in [4.69, 9.17) is 0 Å². The van der Waals surface area contributed by atoms with E-state index in [0.29, 0.717) is 12.8 Å². The fraction of sp³-hybridized carbons (Fsp3) is 0.478. The molecule has 30 heavy (non-hydrogen) atoms. The molecule has 160 valence electrons. The Kier molecular flexibility index (Phi) is 6.70. The lowest BCUT2D eigenvalue weighted by Crippen LogP contribution is -2.47. The van der Waals surface area contributed by atoms with E-state index >= 15 is 0 Å². The molecule has 1 saturated heterocycles. The summed E-state index contributed by atoms with van der Waals surface area (Å²) in [6, 6.07) is 7.11.